The molecule has 0 atom stereocenters. The minimum absolute atomic E-state index is 0.0656. The number of halogens is 1. The van der Waals surface area contributed by atoms with Crippen molar-refractivity contribution in [2.24, 2.45) is 0 Å². The number of carbonyl (C=O) groups is 9. The number of nitrogens with one attached hydrogen (secondary N) is 9. The molecule has 0 spiro atoms. The maximum absolute atomic E-state index is 13.3. The minimum atomic E-state index is -4.13. The number of thioether (sulfide) groups is 1. The summed E-state index contributed by atoms with van der Waals surface area (Å²) in [4.78, 5) is 110. The molecule has 12 N–H and O–H groups in total. The number of hydroxylamine groups is 3. The number of ether oxygens (including phenoxy) is 7. The molecular formula is C74H90ClN9O25S4. The molecule has 0 unspecified atom stereocenters. The van der Waals surface area contributed by atoms with Crippen LogP contribution in [0.4, 0.5) is 0 Å². The summed E-state index contributed by atoms with van der Waals surface area (Å²) < 4.78 is 112. The molecule has 3 aliphatic rings. The molecule has 3 fully saturated rings. The van der Waals surface area contributed by atoms with Crippen LogP contribution in [0.3, 0.4) is 0 Å². The predicted molar refractivity (Wildman–Crippen MR) is 407 cm³/mol. The zero-order valence-electron chi connectivity index (χ0n) is 62.0. The Balaban J connectivity index is 0.000000235. The van der Waals surface area contributed by atoms with E-state index < -0.39 is 91.0 Å². The van der Waals surface area contributed by atoms with Crippen LogP contribution >= 0.6 is 23.4 Å². The number of hydrogen-bond acceptors (Lipinski definition) is 26. The van der Waals surface area contributed by atoms with Gasteiger partial charge in [-0.1, -0.05) is 37.6 Å². The molecule has 0 bridgehead atoms. The first kappa shape index (κ1) is 90.2. The molecule has 3 saturated heterocycles. The van der Waals surface area contributed by atoms with E-state index >= 15 is 0 Å². The van der Waals surface area contributed by atoms with Gasteiger partial charge in [0, 0.05) is 79.9 Å². The number of sulfone groups is 3. The summed E-state index contributed by atoms with van der Waals surface area (Å²) in [6.45, 7) is 5.08. The second kappa shape index (κ2) is 42.8. The van der Waals surface area contributed by atoms with Gasteiger partial charge in [0.15, 0.2) is 43.8 Å². The van der Waals surface area contributed by atoms with Crippen molar-refractivity contribution in [1.82, 2.24) is 49.0 Å². The van der Waals surface area contributed by atoms with Gasteiger partial charge in [-0.3, -0.25) is 91.3 Å². The average molecular weight is 1670 g/mol. The van der Waals surface area contributed by atoms with Crippen LogP contribution in [0.15, 0.2) is 159 Å². The lowest BCUT2D eigenvalue weighted by atomic mass is 9.98. The van der Waals surface area contributed by atoms with E-state index in [4.69, 9.17) is 60.4 Å². The molecule has 3 aliphatic heterocycles. The van der Waals surface area contributed by atoms with E-state index in [-0.39, 0.29) is 143 Å². The van der Waals surface area contributed by atoms with E-state index in [0.717, 1.165) is 10.5 Å². The van der Waals surface area contributed by atoms with Gasteiger partial charge in [-0.2, -0.15) is 0 Å². The fraction of sp³-hybridized carbons (Fsp3) is 0.392. The molecule has 3 heterocycles. The lowest BCUT2D eigenvalue weighted by molar-refractivity contribution is -0.135. The van der Waals surface area contributed by atoms with Crippen LogP contribution in [0.5, 0.6) is 23.0 Å². The molecule has 34 nitrogen and oxygen atoms in total. The Morgan fingerprint density at radius 3 is 1.04 bits per heavy atom. The van der Waals surface area contributed by atoms with Gasteiger partial charge in [0.05, 0.1) is 47.2 Å². The minimum Gasteiger partial charge on any atom is -0.496 e. The highest BCUT2D eigenvalue weighted by molar-refractivity contribution is 7.98. The van der Waals surface area contributed by atoms with Gasteiger partial charge in [-0.15, -0.1) is 11.8 Å². The number of hydrazine groups is 3. The molecule has 9 rings (SSSR count). The third kappa shape index (κ3) is 23.6. The van der Waals surface area contributed by atoms with Gasteiger partial charge >= 0.3 is 0 Å². The SMILES string of the molecule is CC(C)c1ccc(C(=O)NNC(=O)CCCOc2ccc(S(=O)(=O)C3(C(=O)NO)CCOCC3)cc2)cc1.COc1cc(SC)ccc1C(=O)NNC(=O)CCCOc1ccc(S(=O)(=O)C2(C(=O)NO)CCOCC2)cc1.O=C(CCCOc1ccc(S(=O)(=O)C2(C(=O)NO)CCOCC2)cc1)NNC(=O)c1ccc(Cl)cc1. The molecule has 0 aliphatic carbocycles. The van der Waals surface area contributed by atoms with Crippen molar-refractivity contribution in [1.29, 1.82) is 0 Å². The molecule has 0 saturated carbocycles. The molecular weight excluding hydrogens is 1580 g/mol. The first-order chi connectivity index (χ1) is 54.0. The van der Waals surface area contributed by atoms with E-state index in [2.05, 4.69) is 46.4 Å². The Morgan fingerprint density at radius 1 is 0.442 bits per heavy atom. The number of benzene rings is 6. The molecule has 39 heteroatoms. The van der Waals surface area contributed by atoms with Crippen molar-refractivity contribution in [3.8, 4) is 23.0 Å². The van der Waals surface area contributed by atoms with Gasteiger partial charge in [-0.05, 0) is 203 Å². The van der Waals surface area contributed by atoms with Crippen LogP contribution in [0.2, 0.25) is 5.02 Å². The van der Waals surface area contributed by atoms with Crippen molar-refractivity contribution in [2.45, 2.75) is 131 Å². The number of amides is 9. The molecule has 113 heavy (non-hydrogen) atoms. The Morgan fingerprint density at radius 2 is 0.752 bits per heavy atom. The molecule has 6 aromatic carbocycles. The lowest BCUT2D eigenvalue weighted by Gasteiger charge is -2.34. The van der Waals surface area contributed by atoms with Crippen LogP contribution in [0.25, 0.3) is 0 Å². The number of rotatable bonds is 30. The van der Waals surface area contributed by atoms with Gasteiger partial charge in [0.25, 0.3) is 35.4 Å². The summed E-state index contributed by atoms with van der Waals surface area (Å²) >= 11 is 7.28. The Hall–Kier alpha value is -10.0. The zero-order valence-corrected chi connectivity index (χ0v) is 66.1. The summed E-state index contributed by atoms with van der Waals surface area (Å²) in [6.07, 6.45) is 2.68. The highest BCUT2D eigenvalue weighted by atomic mass is 35.5. The van der Waals surface area contributed by atoms with Crippen LogP contribution in [0, 0.1) is 0 Å². The topological polar surface area (TPSA) is 490 Å². The van der Waals surface area contributed by atoms with E-state index in [1.807, 2.05) is 18.4 Å². The van der Waals surface area contributed by atoms with Crippen molar-refractivity contribution < 1.29 is 117 Å². The quantitative estimate of drug-likeness (QED) is 0.0108. The largest absolute Gasteiger partial charge is 0.496 e. The second-order valence-corrected chi connectivity index (χ2v) is 33.9. The molecule has 0 radical (unpaired) electrons. The van der Waals surface area contributed by atoms with Crippen molar-refractivity contribution in [3.63, 3.8) is 0 Å². The number of carbonyl (C=O) groups excluding carboxylic acids is 9. The Kier molecular flexibility index (Phi) is 34.1. The number of hydrogen-bond donors (Lipinski definition) is 12. The van der Waals surface area contributed by atoms with Crippen molar-refractivity contribution >= 4 is 106 Å². The first-order valence-corrected chi connectivity index (χ1v) is 41.4. The van der Waals surface area contributed by atoms with E-state index in [1.54, 1.807) is 42.5 Å². The molecule has 6 aromatic rings. The molecule has 612 valence electrons. The summed E-state index contributed by atoms with van der Waals surface area (Å²) in [5.74, 6) is -3.73. The zero-order chi connectivity index (χ0) is 82.4. The van der Waals surface area contributed by atoms with Crippen LogP contribution in [-0.2, 0) is 72.5 Å². The predicted octanol–water partition coefficient (Wildman–Crippen LogP) is 5.91. The van der Waals surface area contributed by atoms with Crippen LogP contribution < -0.4 is 67.9 Å². The standard InChI is InChI=1S/C26H33N3O8S.C25H31N3O9S2.C23H26ClN3O8S/c1-18(2)19-5-7-20(8-6-19)24(31)28-27-23(30)4-3-15-37-21-9-11-22(12-10-21)38(34,35)26(25(32)29-33)13-16-36-17-14-26;1-35-21-16-18(38-2)7-10-20(21)23(30)27-26-22(29)4-3-13-37-17-5-8-19(9-6-17)39(33,34)25(24(31)28-32)11-14-36-15-12-25;24-17-5-3-16(4-6-17)21(29)26-25-20(28)2-1-13-35-18-7-9-19(10-8-18)36(32,33)23(22(30)27-31)11-14-34-15-12-23/h5-12,18,33H,3-4,13-17H2,1-2H3,(H,27,30)(H,28,31)(H,29,32);5-10,16,32H,3-4,11-15H2,1-2H3,(H,26,29)(H,27,30)(H,28,31);3-10,31H,1-2,11-15H2,(H,25,28)(H,26,29)(H,27,30). The van der Waals surface area contributed by atoms with E-state index in [0.29, 0.717) is 64.3 Å². The third-order valence-corrected chi connectivity index (χ3v) is 26.9. The number of methoxy groups -OCH3 is 1. The second-order valence-electron chi connectivity index (χ2n) is 25.8. The highest BCUT2D eigenvalue weighted by Crippen LogP contribution is 2.39. The smallest absolute Gasteiger partial charge is 0.273 e. The third-order valence-electron chi connectivity index (χ3n) is 18.4. The maximum Gasteiger partial charge on any atom is 0.273 e. The van der Waals surface area contributed by atoms with E-state index in [1.165, 1.54) is 120 Å². The van der Waals surface area contributed by atoms with Gasteiger partial charge in [0.2, 0.25) is 17.7 Å². The average Bonchev–Trinajstić information content (AvgIpc) is 0.760. The normalized spacial score (nSPS) is 14.8. The van der Waals surface area contributed by atoms with Gasteiger partial charge < -0.3 is 33.2 Å². The molecule has 9 amide bonds. The Labute approximate surface area is 661 Å². The fourth-order valence-electron chi connectivity index (χ4n) is 11.7. The summed E-state index contributed by atoms with van der Waals surface area (Å²) in [5, 5.41) is 27.9. The fourth-order valence-corrected chi connectivity index (χ4v) is 18.1. The highest BCUT2D eigenvalue weighted by Gasteiger charge is 2.55. The van der Waals surface area contributed by atoms with Crippen LogP contribution in [0.1, 0.15) is 133 Å². The van der Waals surface area contributed by atoms with Gasteiger partial charge in [0.1, 0.15) is 23.0 Å². The van der Waals surface area contributed by atoms with Gasteiger partial charge in [-0.25, -0.2) is 41.7 Å². The summed E-state index contributed by atoms with van der Waals surface area (Å²) in [7, 11) is -10.9. The first-order valence-electron chi connectivity index (χ1n) is 35.3. The Bertz CT molecular complexity index is 4610. The summed E-state index contributed by atoms with van der Waals surface area (Å²) in [5.41, 5.74) is 20.7. The monoisotopic (exact) mass is 1670 g/mol. The van der Waals surface area contributed by atoms with E-state index in [9.17, 15) is 68.4 Å². The van der Waals surface area contributed by atoms with Crippen molar-refractivity contribution in [2.75, 3.05) is 72.8 Å². The van der Waals surface area contributed by atoms with Crippen molar-refractivity contribution in [3.05, 3.63) is 167 Å². The van der Waals surface area contributed by atoms with Crippen LogP contribution in [-0.4, -0.2) is 181 Å². The lowest BCUT2D eigenvalue weighted by Crippen LogP contribution is -2.54. The summed E-state index contributed by atoms with van der Waals surface area (Å²) in [6, 6.07) is 35.1. The molecule has 0 aromatic heterocycles. The maximum atomic E-state index is 13.3.